The summed E-state index contributed by atoms with van der Waals surface area (Å²) in [5.74, 6) is 0. The highest BCUT2D eigenvalue weighted by molar-refractivity contribution is 7.51. The molecule has 1 heterocycles. The summed E-state index contributed by atoms with van der Waals surface area (Å²) in [4.78, 5) is 0. The second-order valence-electron chi connectivity index (χ2n) is 3.13. The Morgan fingerprint density at radius 2 is 1.77 bits per heavy atom. The van der Waals surface area contributed by atoms with E-state index in [4.69, 9.17) is 45.4 Å². The zero-order valence-electron chi connectivity index (χ0n) is 6.53. The van der Waals surface area contributed by atoms with Crippen molar-refractivity contribution in [2.24, 2.45) is 0 Å². The second-order valence-corrected chi connectivity index (χ2v) is 11.4. The van der Waals surface area contributed by atoms with Crippen molar-refractivity contribution in [2.45, 2.75) is 10.4 Å². The Morgan fingerprint density at radius 1 is 1.15 bits per heavy atom. The molecular formula is C8H6Cl4Si. The van der Waals surface area contributed by atoms with Crippen molar-refractivity contribution < 1.29 is 0 Å². The average Bonchev–Trinajstić information content (AvgIpc) is 2.20. The molecule has 0 saturated heterocycles. The summed E-state index contributed by atoms with van der Waals surface area (Å²) in [5, 5.41) is 0.948. The van der Waals surface area contributed by atoms with Crippen molar-refractivity contribution in [3.63, 3.8) is 0 Å². The summed E-state index contributed by atoms with van der Waals surface area (Å²) in [6.45, 7) is -2.42. The molecule has 0 radical (unpaired) electrons. The van der Waals surface area contributed by atoms with E-state index in [2.05, 4.69) is 0 Å². The molecule has 0 bridgehead atoms. The van der Waals surface area contributed by atoms with E-state index in [1.54, 1.807) is 0 Å². The summed E-state index contributed by atoms with van der Waals surface area (Å²) >= 11 is 24.7. The zero-order valence-corrected chi connectivity index (χ0v) is 10.6. The molecule has 1 aromatic rings. The molecule has 1 aliphatic rings. The standard InChI is InChI=1S/C8H6Cl4Si/c9-8(10)5-13(11,12)7-4-2-1-3-6(7)8/h1-4H,5H2. The number of fused-ring (bicyclic) bond motifs is 1. The predicted octanol–water partition coefficient (Wildman–Crippen LogP) is 3.46. The van der Waals surface area contributed by atoms with Crippen molar-refractivity contribution in [3.05, 3.63) is 29.8 Å². The first kappa shape index (κ1) is 10.1. The topological polar surface area (TPSA) is 0 Å². The summed E-state index contributed by atoms with van der Waals surface area (Å²) in [6, 6.07) is 8.05. The van der Waals surface area contributed by atoms with E-state index < -0.39 is 11.0 Å². The quantitative estimate of drug-likeness (QED) is 0.385. The van der Waals surface area contributed by atoms with E-state index in [0.717, 1.165) is 10.8 Å². The van der Waals surface area contributed by atoms with Crippen molar-refractivity contribution in [1.82, 2.24) is 0 Å². The minimum Gasteiger partial charge on any atom is -0.140 e. The SMILES string of the molecule is ClC1(Cl)C[Si](Cl)(Cl)c2ccccc21. The molecule has 0 aromatic heterocycles. The van der Waals surface area contributed by atoms with Crippen LogP contribution < -0.4 is 5.19 Å². The van der Waals surface area contributed by atoms with E-state index in [1.807, 2.05) is 24.3 Å². The number of alkyl halides is 2. The molecule has 0 saturated carbocycles. The second kappa shape index (κ2) is 3.04. The largest absolute Gasteiger partial charge is 0.284 e. The Labute approximate surface area is 97.2 Å². The van der Waals surface area contributed by atoms with Gasteiger partial charge in [0.15, 0.2) is 0 Å². The number of halogens is 4. The smallest absolute Gasteiger partial charge is 0.140 e. The van der Waals surface area contributed by atoms with Gasteiger partial charge in [-0.1, -0.05) is 47.5 Å². The van der Waals surface area contributed by atoms with Crippen LogP contribution in [0.1, 0.15) is 5.56 Å². The lowest BCUT2D eigenvalue weighted by Gasteiger charge is -2.12. The van der Waals surface area contributed by atoms with Gasteiger partial charge >= 0.3 is 0 Å². The van der Waals surface area contributed by atoms with Gasteiger partial charge in [-0.05, 0) is 10.8 Å². The lowest BCUT2D eigenvalue weighted by atomic mass is 10.2. The van der Waals surface area contributed by atoms with Gasteiger partial charge in [0.05, 0.1) is 0 Å². The van der Waals surface area contributed by atoms with E-state index in [1.165, 1.54) is 0 Å². The van der Waals surface area contributed by atoms with Crippen LogP contribution in [0.25, 0.3) is 0 Å². The van der Waals surface area contributed by atoms with Crippen molar-refractivity contribution in [1.29, 1.82) is 0 Å². The molecule has 0 aliphatic carbocycles. The number of hydrogen-bond acceptors (Lipinski definition) is 0. The number of hydrogen-bond donors (Lipinski definition) is 0. The van der Waals surface area contributed by atoms with Crippen LogP contribution in [-0.4, -0.2) is 6.69 Å². The number of benzene rings is 1. The lowest BCUT2D eigenvalue weighted by Crippen LogP contribution is -2.32. The molecule has 1 aliphatic heterocycles. The maximum Gasteiger partial charge on any atom is 0.284 e. The normalized spacial score (nSPS) is 22.8. The van der Waals surface area contributed by atoms with Gasteiger partial charge in [-0.25, -0.2) is 0 Å². The predicted molar refractivity (Wildman–Crippen MR) is 61.7 cm³/mol. The van der Waals surface area contributed by atoms with Gasteiger partial charge in [0.2, 0.25) is 0 Å². The van der Waals surface area contributed by atoms with Gasteiger partial charge < -0.3 is 0 Å². The van der Waals surface area contributed by atoms with Crippen LogP contribution in [-0.2, 0) is 4.33 Å². The van der Waals surface area contributed by atoms with Gasteiger partial charge in [-0.15, -0.1) is 22.2 Å². The zero-order chi connectivity index (χ0) is 9.69. The van der Waals surface area contributed by atoms with Crippen LogP contribution in [0.3, 0.4) is 0 Å². The van der Waals surface area contributed by atoms with Crippen LogP contribution >= 0.6 is 45.4 Å². The van der Waals surface area contributed by atoms with E-state index in [0.29, 0.717) is 6.04 Å². The maximum absolute atomic E-state index is 6.22. The van der Waals surface area contributed by atoms with Crippen LogP contribution in [0.15, 0.2) is 24.3 Å². The Bertz CT molecular complexity index is 315. The fraction of sp³-hybridized carbons (Fsp3) is 0.250. The molecule has 0 spiro atoms. The Morgan fingerprint density at radius 3 is 2.38 bits per heavy atom. The fourth-order valence-electron chi connectivity index (χ4n) is 1.59. The molecule has 2 rings (SSSR count). The van der Waals surface area contributed by atoms with Crippen molar-refractivity contribution in [3.8, 4) is 0 Å². The Kier molecular flexibility index (Phi) is 2.37. The van der Waals surface area contributed by atoms with Crippen molar-refractivity contribution in [2.75, 3.05) is 0 Å². The summed E-state index contributed by atoms with van der Waals surface area (Å²) in [7, 11) is 0. The fourth-order valence-corrected chi connectivity index (χ4v) is 8.26. The lowest BCUT2D eigenvalue weighted by molar-refractivity contribution is 1.000. The molecule has 0 nitrogen and oxygen atoms in total. The van der Waals surface area contributed by atoms with Gasteiger partial charge in [0.25, 0.3) is 6.69 Å². The molecule has 0 fully saturated rings. The van der Waals surface area contributed by atoms with Gasteiger partial charge in [0.1, 0.15) is 4.33 Å². The molecule has 0 N–H and O–H groups in total. The summed E-state index contributed by atoms with van der Waals surface area (Å²) in [5.41, 5.74) is 0.870. The molecular weight excluding hydrogens is 266 g/mol. The monoisotopic (exact) mass is 270 g/mol. The molecule has 70 valence electrons. The third-order valence-electron chi connectivity index (χ3n) is 2.16. The van der Waals surface area contributed by atoms with Crippen LogP contribution in [0.2, 0.25) is 6.04 Å². The third-order valence-corrected chi connectivity index (χ3v) is 7.50. The highest BCUT2D eigenvalue weighted by Gasteiger charge is 2.51. The van der Waals surface area contributed by atoms with Crippen LogP contribution in [0.5, 0.6) is 0 Å². The van der Waals surface area contributed by atoms with Gasteiger partial charge in [-0.3, -0.25) is 0 Å². The van der Waals surface area contributed by atoms with E-state index in [-0.39, 0.29) is 0 Å². The summed E-state index contributed by atoms with van der Waals surface area (Å²) in [6.07, 6.45) is 0. The third kappa shape index (κ3) is 1.61. The van der Waals surface area contributed by atoms with E-state index in [9.17, 15) is 0 Å². The molecule has 0 atom stereocenters. The highest BCUT2D eigenvalue weighted by atomic mass is 35.7. The average molecular weight is 272 g/mol. The first-order valence-corrected chi connectivity index (χ1v) is 8.78. The Hall–Kier alpha value is 0.597. The van der Waals surface area contributed by atoms with Crippen LogP contribution in [0.4, 0.5) is 0 Å². The first-order valence-electron chi connectivity index (χ1n) is 3.79. The minimum atomic E-state index is -2.42. The molecule has 0 amide bonds. The first-order chi connectivity index (χ1) is 5.93. The molecule has 1 aromatic carbocycles. The minimum absolute atomic E-state index is 0.464. The van der Waals surface area contributed by atoms with Gasteiger partial charge in [-0.2, -0.15) is 0 Å². The number of rotatable bonds is 0. The van der Waals surface area contributed by atoms with Crippen LogP contribution in [0, 0.1) is 0 Å². The molecule has 13 heavy (non-hydrogen) atoms. The van der Waals surface area contributed by atoms with Gasteiger partial charge in [0, 0.05) is 6.04 Å². The van der Waals surface area contributed by atoms with E-state index >= 15 is 0 Å². The summed E-state index contributed by atoms with van der Waals surface area (Å²) < 4.78 is -0.897. The van der Waals surface area contributed by atoms with Crippen molar-refractivity contribution >= 4 is 57.2 Å². The molecule has 5 heteroatoms. The maximum atomic E-state index is 6.22. The Balaban J connectivity index is 2.64. The highest BCUT2D eigenvalue weighted by Crippen LogP contribution is 2.48. The molecule has 0 unspecified atom stereocenters.